The van der Waals surface area contributed by atoms with Crippen molar-refractivity contribution in [1.29, 1.82) is 0 Å². The minimum atomic E-state index is -0.309. The van der Waals surface area contributed by atoms with Gasteiger partial charge in [-0.3, -0.25) is 0 Å². The standard InChI is InChI=1S/C16H23NO2/c1-14-5-3-6-15(9-14)10-17(2)11-16(12-18)7-4-8-19-13-16/h3,5-6,9,12H,4,7-8,10-11,13H2,1-2H3. The van der Waals surface area contributed by atoms with Crippen LogP contribution in [0.25, 0.3) is 0 Å². The summed E-state index contributed by atoms with van der Waals surface area (Å²) in [6, 6.07) is 8.51. The van der Waals surface area contributed by atoms with Gasteiger partial charge in [0.05, 0.1) is 12.0 Å². The van der Waals surface area contributed by atoms with Crippen molar-refractivity contribution in [1.82, 2.24) is 4.90 Å². The number of nitrogens with zero attached hydrogens (tertiary/aromatic N) is 1. The molecule has 19 heavy (non-hydrogen) atoms. The highest BCUT2D eigenvalue weighted by Gasteiger charge is 2.33. The first-order valence-corrected chi connectivity index (χ1v) is 6.92. The third-order valence-electron chi connectivity index (χ3n) is 3.72. The first-order valence-electron chi connectivity index (χ1n) is 6.92. The molecule has 0 aliphatic carbocycles. The predicted octanol–water partition coefficient (Wildman–Crippen LogP) is 2.42. The van der Waals surface area contributed by atoms with Gasteiger partial charge in [-0.1, -0.05) is 29.8 Å². The van der Waals surface area contributed by atoms with Crippen molar-refractivity contribution in [3.05, 3.63) is 35.4 Å². The van der Waals surface area contributed by atoms with Gasteiger partial charge in [-0.25, -0.2) is 0 Å². The number of aldehydes is 1. The Morgan fingerprint density at radius 1 is 1.47 bits per heavy atom. The molecule has 1 unspecified atom stereocenters. The molecule has 0 spiro atoms. The molecule has 0 amide bonds. The van der Waals surface area contributed by atoms with Gasteiger partial charge in [0, 0.05) is 19.7 Å². The van der Waals surface area contributed by atoms with E-state index in [4.69, 9.17) is 4.74 Å². The zero-order valence-electron chi connectivity index (χ0n) is 11.9. The summed E-state index contributed by atoms with van der Waals surface area (Å²) >= 11 is 0. The molecular formula is C16H23NO2. The average Bonchev–Trinajstić information content (AvgIpc) is 2.39. The smallest absolute Gasteiger partial charge is 0.129 e. The molecule has 1 aliphatic rings. The zero-order valence-corrected chi connectivity index (χ0v) is 11.9. The molecule has 2 rings (SSSR count). The number of hydrogen-bond donors (Lipinski definition) is 0. The lowest BCUT2D eigenvalue weighted by Gasteiger charge is -2.35. The number of rotatable bonds is 5. The number of carbonyl (C=O) groups is 1. The number of benzene rings is 1. The fourth-order valence-corrected chi connectivity index (χ4v) is 2.84. The van der Waals surface area contributed by atoms with Crippen molar-refractivity contribution in [2.75, 3.05) is 26.8 Å². The molecule has 1 heterocycles. The molecular weight excluding hydrogens is 238 g/mol. The molecule has 0 radical (unpaired) electrons. The number of aryl methyl sites for hydroxylation is 1. The van der Waals surface area contributed by atoms with Crippen LogP contribution in [0.1, 0.15) is 24.0 Å². The summed E-state index contributed by atoms with van der Waals surface area (Å²) in [5.74, 6) is 0. The topological polar surface area (TPSA) is 29.5 Å². The van der Waals surface area contributed by atoms with E-state index in [0.29, 0.717) is 6.61 Å². The molecule has 1 aliphatic heterocycles. The van der Waals surface area contributed by atoms with Gasteiger partial charge >= 0.3 is 0 Å². The van der Waals surface area contributed by atoms with Crippen LogP contribution in [-0.4, -0.2) is 38.0 Å². The van der Waals surface area contributed by atoms with Crippen molar-refractivity contribution in [3.63, 3.8) is 0 Å². The van der Waals surface area contributed by atoms with Crippen LogP contribution >= 0.6 is 0 Å². The average molecular weight is 261 g/mol. The number of carbonyl (C=O) groups excluding carboxylic acids is 1. The van der Waals surface area contributed by atoms with Crippen LogP contribution in [0.15, 0.2) is 24.3 Å². The lowest BCUT2D eigenvalue weighted by molar-refractivity contribution is -0.125. The third kappa shape index (κ3) is 3.88. The molecule has 0 saturated carbocycles. The van der Waals surface area contributed by atoms with Gasteiger partial charge in [-0.15, -0.1) is 0 Å². The Morgan fingerprint density at radius 3 is 2.95 bits per heavy atom. The normalized spacial score (nSPS) is 23.5. The van der Waals surface area contributed by atoms with Crippen LogP contribution in [0.4, 0.5) is 0 Å². The lowest BCUT2D eigenvalue weighted by atomic mass is 9.83. The molecule has 104 valence electrons. The van der Waals surface area contributed by atoms with E-state index in [1.54, 1.807) is 0 Å². The second kappa shape index (κ2) is 6.31. The third-order valence-corrected chi connectivity index (χ3v) is 3.72. The second-order valence-electron chi connectivity index (χ2n) is 5.80. The van der Waals surface area contributed by atoms with Crippen molar-refractivity contribution in [2.24, 2.45) is 5.41 Å². The minimum Gasteiger partial charge on any atom is -0.380 e. The molecule has 0 N–H and O–H groups in total. The SMILES string of the molecule is Cc1cccc(CN(C)CC2(C=O)CCCOC2)c1. The molecule has 0 bridgehead atoms. The van der Waals surface area contributed by atoms with Gasteiger partial charge in [-0.05, 0) is 32.4 Å². The van der Waals surface area contributed by atoms with Crippen molar-refractivity contribution >= 4 is 6.29 Å². The van der Waals surface area contributed by atoms with Crippen molar-refractivity contribution < 1.29 is 9.53 Å². The van der Waals surface area contributed by atoms with Crippen LogP contribution < -0.4 is 0 Å². The maximum absolute atomic E-state index is 11.4. The van der Waals surface area contributed by atoms with Crippen LogP contribution in [-0.2, 0) is 16.1 Å². The number of ether oxygens (including phenoxy) is 1. The molecule has 0 aromatic heterocycles. The largest absolute Gasteiger partial charge is 0.380 e. The highest BCUT2D eigenvalue weighted by atomic mass is 16.5. The van der Waals surface area contributed by atoms with Crippen LogP contribution in [0.3, 0.4) is 0 Å². The Hall–Kier alpha value is -1.19. The first kappa shape index (κ1) is 14.2. The monoisotopic (exact) mass is 261 g/mol. The highest BCUT2D eigenvalue weighted by Crippen LogP contribution is 2.27. The van der Waals surface area contributed by atoms with E-state index < -0.39 is 0 Å². The Balaban J connectivity index is 1.96. The van der Waals surface area contributed by atoms with E-state index in [9.17, 15) is 4.79 Å². The van der Waals surface area contributed by atoms with E-state index in [1.807, 2.05) is 0 Å². The molecule has 3 heteroatoms. The summed E-state index contributed by atoms with van der Waals surface area (Å²) in [5.41, 5.74) is 2.26. The first-order chi connectivity index (χ1) is 9.13. The Bertz CT molecular complexity index is 425. The Morgan fingerprint density at radius 2 is 2.32 bits per heavy atom. The lowest BCUT2D eigenvalue weighted by Crippen LogP contribution is -2.42. The summed E-state index contributed by atoms with van der Waals surface area (Å²) in [7, 11) is 2.07. The van der Waals surface area contributed by atoms with Crippen LogP contribution in [0, 0.1) is 12.3 Å². The summed E-state index contributed by atoms with van der Waals surface area (Å²) in [6.07, 6.45) is 3.02. The molecule has 1 saturated heterocycles. The highest BCUT2D eigenvalue weighted by molar-refractivity contribution is 5.60. The van der Waals surface area contributed by atoms with Crippen LogP contribution in [0.5, 0.6) is 0 Å². The summed E-state index contributed by atoms with van der Waals surface area (Å²) in [4.78, 5) is 13.6. The maximum Gasteiger partial charge on any atom is 0.129 e. The predicted molar refractivity (Wildman–Crippen MR) is 76.1 cm³/mol. The van der Waals surface area contributed by atoms with E-state index >= 15 is 0 Å². The van der Waals surface area contributed by atoms with Crippen molar-refractivity contribution in [2.45, 2.75) is 26.3 Å². The molecule has 1 fully saturated rings. The quantitative estimate of drug-likeness (QED) is 0.762. The zero-order chi connectivity index (χ0) is 13.7. The Labute approximate surface area is 115 Å². The maximum atomic E-state index is 11.4. The van der Waals surface area contributed by atoms with Crippen LogP contribution in [0.2, 0.25) is 0 Å². The van der Waals surface area contributed by atoms with E-state index in [2.05, 4.69) is 43.1 Å². The molecule has 3 nitrogen and oxygen atoms in total. The van der Waals surface area contributed by atoms with E-state index in [1.165, 1.54) is 11.1 Å². The van der Waals surface area contributed by atoms with E-state index in [-0.39, 0.29) is 5.41 Å². The number of hydrogen-bond acceptors (Lipinski definition) is 3. The van der Waals surface area contributed by atoms with E-state index in [0.717, 1.165) is 38.8 Å². The Kier molecular flexibility index (Phi) is 4.72. The van der Waals surface area contributed by atoms with Gasteiger partial charge in [0.2, 0.25) is 0 Å². The summed E-state index contributed by atoms with van der Waals surface area (Å²) in [5, 5.41) is 0. The molecule has 1 aromatic rings. The fourth-order valence-electron chi connectivity index (χ4n) is 2.84. The van der Waals surface area contributed by atoms with Gasteiger partial charge in [0.15, 0.2) is 0 Å². The molecule has 1 atom stereocenters. The second-order valence-corrected chi connectivity index (χ2v) is 5.80. The minimum absolute atomic E-state index is 0.309. The van der Waals surface area contributed by atoms with Gasteiger partial charge in [0.1, 0.15) is 6.29 Å². The molecule has 1 aromatic carbocycles. The van der Waals surface area contributed by atoms with Gasteiger partial charge in [-0.2, -0.15) is 0 Å². The van der Waals surface area contributed by atoms with Gasteiger partial charge < -0.3 is 14.4 Å². The van der Waals surface area contributed by atoms with Gasteiger partial charge in [0.25, 0.3) is 0 Å². The summed E-state index contributed by atoms with van der Waals surface area (Å²) in [6.45, 7) is 5.10. The fraction of sp³-hybridized carbons (Fsp3) is 0.562. The van der Waals surface area contributed by atoms with Crippen molar-refractivity contribution in [3.8, 4) is 0 Å². The summed E-state index contributed by atoms with van der Waals surface area (Å²) < 4.78 is 5.49.